The number of ether oxygens (including phenoxy) is 1. The van der Waals surface area contributed by atoms with Crippen LogP contribution in [0.15, 0.2) is 30.3 Å². The summed E-state index contributed by atoms with van der Waals surface area (Å²) in [4.78, 5) is 14.1. The predicted octanol–water partition coefficient (Wildman–Crippen LogP) is 3.28. The second kappa shape index (κ2) is 8.18. The molecule has 1 heterocycles. The maximum atomic E-state index is 12.1. The average Bonchev–Trinajstić information content (AvgIpc) is 2.54. The zero-order valence-electron chi connectivity index (χ0n) is 13.3. The predicted molar refractivity (Wildman–Crippen MR) is 85.2 cm³/mol. The third-order valence-corrected chi connectivity index (χ3v) is 4.52. The highest BCUT2D eigenvalue weighted by molar-refractivity contribution is 5.76. The van der Waals surface area contributed by atoms with Crippen molar-refractivity contribution in [1.29, 1.82) is 0 Å². The molecular formula is C18H27NO2. The quantitative estimate of drug-likeness (QED) is 0.804. The molecule has 1 aliphatic rings. The van der Waals surface area contributed by atoms with Gasteiger partial charge in [-0.25, -0.2) is 0 Å². The summed E-state index contributed by atoms with van der Waals surface area (Å²) < 4.78 is 5.17. The number of hydrogen-bond donors (Lipinski definition) is 0. The summed E-state index contributed by atoms with van der Waals surface area (Å²) in [7, 11) is 1.66. The molecule has 2 rings (SSSR count). The lowest BCUT2D eigenvalue weighted by Crippen LogP contribution is -2.39. The number of benzene rings is 1. The Kier molecular flexibility index (Phi) is 6.24. The van der Waals surface area contributed by atoms with Gasteiger partial charge in [-0.1, -0.05) is 30.3 Å². The Bertz CT molecular complexity index is 424. The highest BCUT2D eigenvalue weighted by atomic mass is 16.5. The number of likely N-dealkylation sites (tertiary alicyclic amines) is 1. The molecule has 0 radical (unpaired) electrons. The highest BCUT2D eigenvalue weighted by Gasteiger charge is 2.23. The molecule has 1 aliphatic heterocycles. The van der Waals surface area contributed by atoms with Crippen LogP contribution in [0.4, 0.5) is 0 Å². The maximum absolute atomic E-state index is 12.1. The van der Waals surface area contributed by atoms with Gasteiger partial charge in [-0.15, -0.1) is 0 Å². The van der Waals surface area contributed by atoms with Gasteiger partial charge in [0.05, 0.1) is 12.5 Å². The summed E-state index contributed by atoms with van der Waals surface area (Å²) in [6.45, 7) is 3.77. The summed E-state index contributed by atoms with van der Waals surface area (Å²) in [5.41, 5.74) is 1.42. The van der Waals surface area contributed by atoms with Gasteiger partial charge in [-0.3, -0.25) is 4.79 Å². The minimum absolute atomic E-state index is 0.0216. The molecule has 1 saturated heterocycles. The molecule has 3 heteroatoms. The van der Waals surface area contributed by atoms with Crippen LogP contribution in [0.5, 0.6) is 0 Å². The standard InChI is InChI=1S/C18H27NO2/c1-15(21-2)14-18(20)19-12-10-17(11-13-19)9-8-16-6-4-3-5-7-16/h3-7,15,17H,8-14H2,1-2H3. The maximum Gasteiger partial charge on any atom is 0.225 e. The van der Waals surface area contributed by atoms with E-state index in [1.807, 2.05) is 11.8 Å². The van der Waals surface area contributed by atoms with Gasteiger partial charge >= 0.3 is 0 Å². The number of methoxy groups -OCH3 is 1. The van der Waals surface area contributed by atoms with Crippen LogP contribution in [-0.4, -0.2) is 37.1 Å². The topological polar surface area (TPSA) is 29.5 Å². The number of nitrogens with zero attached hydrogens (tertiary/aromatic N) is 1. The van der Waals surface area contributed by atoms with Gasteiger partial charge in [-0.05, 0) is 44.1 Å². The smallest absolute Gasteiger partial charge is 0.225 e. The number of amides is 1. The van der Waals surface area contributed by atoms with Gasteiger partial charge < -0.3 is 9.64 Å². The van der Waals surface area contributed by atoms with Gasteiger partial charge in [0.2, 0.25) is 5.91 Å². The van der Waals surface area contributed by atoms with Gasteiger partial charge in [-0.2, -0.15) is 0 Å². The first-order valence-corrected chi connectivity index (χ1v) is 8.03. The van der Waals surface area contributed by atoms with E-state index in [0.29, 0.717) is 6.42 Å². The molecule has 1 aromatic rings. The molecule has 0 bridgehead atoms. The van der Waals surface area contributed by atoms with Crippen molar-refractivity contribution in [2.75, 3.05) is 20.2 Å². The Hall–Kier alpha value is -1.35. The molecule has 1 atom stereocenters. The monoisotopic (exact) mass is 289 g/mol. The molecule has 21 heavy (non-hydrogen) atoms. The third-order valence-electron chi connectivity index (χ3n) is 4.52. The normalized spacial score (nSPS) is 17.7. The van der Waals surface area contributed by atoms with Crippen molar-refractivity contribution in [3.63, 3.8) is 0 Å². The van der Waals surface area contributed by atoms with Crippen molar-refractivity contribution in [3.8, 4) is 0 Å². The lowest BCUT2D eigenvalue weighted by atomic mass is 9.90. The van der Waals surface area contributed by atoms with E-state index >= 15 is 0 Å². The molecule has 1 fully saturated rings. The number of piperidine rings is 1. The molecular weight excluding hydrogens is 262 g/mol. The molecule has 0 saturated carbocycles. The largest absolute Gasteiger partial charge is 0.381 e. The van der Waals surface area contributed by atoms with E-state index in [0.717, 1.165) is 38.3 Å². The van der Waals surface area contributed by atoms with E-state index in [-0.39, 0.29) is 12.0 Å². The van der Waals surface area contributed by atoms with E-state index in [9.17, 15) is 4.79 Å². The van der Waals surface area contributed by atoms with E-state index in [4.69, 9.17) is 4.74 Å². The van der Waals surface area contributed by atoms with Crippen LogP contribution in [0.25, 0.3) is 0 Å². The SMILES string of the molecule is COC(C)CC(=O)N1CCC(CCc2ccccc2)CC1. The van der Waals surface area contributed by atoms with E-state index in [1.54, 1.807) is 7.11 Å². The summed E-state index contributed by atoms with van der Waals surface area (Å²) in [5.74, 6) is 1.000. The first-order chi connectivity index (χ1) is 10.2. The van der Waals surface area contributed by atoms with Gasteiger partial charge in [0.1, 0.15) is 0 Å². The number of rotatable bonds is 6. The van der Waals surface area contributed by atoms with Crippen LogP contribution < -0.4 is 0 Å². The van der Waals surface area contributed by atoms with Crippen molar-refractivity contribution in [2.45, 2.75) is 45.1 Å². The van der Waals surface area contributed by atoms with Crippen LogP contribution in [-0.2, 0) is 16.0 Å². The van der Waals surface area contributed by atoms with Crippen LogP contribution >= 0.6 is 0 Å². The lowest BCUT2D eigenvalue weighted by molar-refractivity contribution is -0.134. The molecule has 0 aromatic heterocycles. The van der Waals surface area contributed by atoms with Crippen LogP contribution in [0.2, 0.25) is 0 Å². The molecule has 3 nitrogen and oxygen atoms in total. The summed E-state index contributed by atoms with van der Waals surface area (Å²) in [6, 6.07) is 10.7. The van der Waals surface area contributed by atoms with Crippen LogP contribution in [0, 0.1) is 5.92 Å². The fourth-order valence-electron chi connectivity index (χ4n) is 2.94. The number of aryl methyl sites for hydroxylation is 1. The lowest BCUT2D eigenvalue weighted by Gasteiger charge is -2.32. The third kappa shape index (κ3) is 5.16. The Balaban J connectivity index is 1.69. The Morgan fingerprint density at radius 1 is 1.29 bits per heavy atom. The van der Waals surface area contributed by atoms with Gasteiger partial charge in [0.15, 0.2) is 0 Å². The van der Waals surface area contributed by atoms with Crippen LogP contribution in [0.1, 0.15) is 38.2 Å². The molecule has 1 aromatic carbocycles. The first-order valence-electron chi connectivity index (χ1n) is 8.03. The Morgan fingerprint density at radius 3 is 2.57 bits per heavy atom. The van der Waals surface area contributed by atoms with Crippen LogP contribution in [0.3, 0.4) is 0 Å². The van der Waals surface area contributed by atoms with Crippen molar-refractivity contribution in [2.24, 2.45) is 5.92 Å². The van der Waals surface area contributed by atoms with E-state index < -0.39 is 0 Å². The zero-order chi connectivity index (χ0) is 15.1. The molecule has 0 spiro atoms. The molecule has 116 valence electrons. The number of carbonyl (C=O) groups is 1. The molecule has 0 N–H and O–H groups in total. The average molecular weight is 289 g/mol. The molecule has 1 amide bonds. The van der Waals surface area contributed by atoms with Crippen molar-refractivity contribution in [3.05, 3.63) is 35.9 Å². The number of hydrogen-bond acceptors (Lipinski definition) is 2. The van der Waals surface area contributed by atoms with E-state index in [2.05, 4.69) is 30.3 Å². The minimum atomic E-state index is 0.0216. The Morgan fingerprint density at radius 2 is 1.95 bits per heavy atom. The minimum Gasteiger partial charge on any atom is -0.381 e. The van der Waals surface area contributed by atoms with Crippen molar-refractivity contribution >= 4 is 5.91 Å². The number of carbonyl (C=O) groups excluding carboxylic acids is 1. The summed E-state index contributed by atoms with van der Waals surface area (Å²) in [5, 5.41) is 0. The molecule has 0 aliphatic carbocycles. The fraction of sp³-hybridized carbons (Fsp3) is 0.611. The van der Waals surface area contributed by atoms with Gasteiger partial charge in [0.25, 0.3) is 0 Å². The van der Waals surface area contributed by atoms with Crippen molar-refractivity contribution < 1.29 is 9.53 Å². The molecule has 1 unspecified atom stereocenters. The van der Waals surface area contributed by atoms with Gasteiger partial charge in [0, 0.05) is 20.2 Å². The second-order valence-electron chi connectivity index (χ2n) is 6.10. The fourth-order valence-corrected chi connectivity index (χ4v) is 2.94. The zero-order valence-corrected chi connectivity index (χ0v) is 13.3. The first kappa shape index (κ1) is 16.0. The summed E-state index contributed by atoms with van der Waals surface area (Å²) in [6.07, 6.45) is 5.19. The van der Waals surface area contributed by atoms with E-state index in [1.165, 1.54) is 12.0 Å². The van der Waals surface area contributed by atoms with Crippen molar-refractivity contribution in [1.82, 2.24) is 4.90 Å². The summed E-state index contributed by atoms with van der Waals surface area (Å²) >= 11 is 0. The highest BCUT2D eigenvalue weighted by Crippen LogP contribution is 2.23. The Labute approximate surface area is 128 Å². The second-order valence-corrected chi connectivity index (χ2v) is 6.10.